The summed E-state index contributed by atoms with van der Waals surface area (Å²) in [6, 6.07) is 5.31. The maximum atomic E-state index is 12.3. The van der Waals surface area contributed by atoms with Gasteiger partial charge < -0.3 is 5.32 Å². The molecular formula is C16H28N2O2S. The van der Waals surface area contributed by atoms with Crippen LogP contribution in [0.25, 0.3) is 0 Å². The molecule has 0 heterocycles. The number of hydrogen-bond donors (Lipinski definition) is 2. The number of sulfonamides is 1. The molecule has 21 heavy (non-hydrogen) atoms. The highest BCUT2D eigenvalue weighted by Gasteiger charge is 2.19. The van der Waals surface area contributed by atoms with E-state index in [1.165, 1.54) is 0 Å². The predicted octanol–water partition coefficient (Wildman–Crippen LogP) is 2.82. The highest BCUT2D eigenvalue weighted by Crippen LogP contribution is 2.17. The van der Waals surface area contributed by atoms with E-state index < -0.39 is 10.0 Å². The van der Waals surface area contributed by atoms with Crippen molar-refractivity contribution >= 4 is 10.0 Å². The summed E-state index contributed by atoms with van der Waals surface area (Å²) in [5.41, 5.74) is 2.05. The van der Waals surface area contributed by atoms with Crippen molar-refractivity contribution in [3.63, 3.8) is 0 Å². The fourth-order valence-corrected chi connectivity index (χ4v) is 3.13. The third-order valence-electron chi connectivity index (χ3n) is 3.17. The molecule has 0 amide bonds. The molecule has 4 nitrogen and oxygen atoms in total. The van der Waals surface area contributed by atoms with E-state index in [1.54, 1.807) is 12.1 Å². The summed E-state index contributed by atoms with van der Waals surface area (Å²) in [5.74, 6) is 0. The van der Waals surface area contributed by atoms with Crippen molar-refractivity contribution in [1.82, 2.24) is 10.0 Å². The molecule has 0 aliphatic heterocycles. The van der Waals surface area contributed by atoms with Gasteiger partial charge in [-0.15, -0.1) is 0 Å². The molecule has 0 saturated heterocycles. The highest BCUT2D eigenvalue weighted by molar-refractivity contribution is 7.89. The summed E-state index contributed by atoms with van der Waals surface area (Å²) in [4.78, 5) is 0.339. The minimum atomic E-state index is -3.44. The van der Waals surface area contributed by atoms with E-state index in [0.29, 0.717) is 18.0 Å². The first-order valence-corrected chi connectivity index (χ1v) is 8.94. The third-order valence-corrected chi connectivity index (χ3v) is 4.56. The molecule has 0 fully saturated rings. The maximum Gasteiger partial charge on any atom is 0.240 e. The van der Waals surface area contributed by atoms with Crippen LogP contribution in [0.2, 0.25) is 0 Å². The van der Waals surface area contributed by atoms with Crippen molar-refractivity contribution in [3.05, 3.63) is 29.3 Å². The van der Waals surface area contributed by atoms with Gasteiger partial charge in [0.05, 0.1) is 4.90 Å². The zero-order chi connectivity index (χ0) is 16.1. The highest BCUT2D eigenvalue weighted by atomic mass is 32.2. The van der Waals surface area contributed by atoms with Crippen LogP contribution in [0.4, 0.5) is 0 Å². The van der Waals surface area contributed by atoms with Gasteiger partial charge in [-0.25, -0.2) is 13.1 Å². The summed E-state index contributed by atoms with van der Waals surface area (Å²) < 4.78 is 27.4. The number of rotatable bonds is 7. The Bertz CT molecular complexity index is 560. The van der Waals surface area contributed by atoms with E-state index in [4.69, 9.17) is 0 Å². The minimum absolute atomic E-state index is 0.0801. The summed E-state index contributed by atoms with van der Waals surface area (Å²) in [6.45, 7) is 12.2. The fraction of sp³-hybridized carbons (Fsp3) is 0.625. The molecule has 0 aromatic heterocycles. The Labute approximate surface area is 129 Å². The lowest BCUT2D eigenvalue weighted by Gasteiger charge is -2.19. The van der Waals surface area contributed by atoms with E-state index in [9.17, 15) is 8.42 Å². The fourth-order valence-electron chi connectivity index (χ4n) is 1.80. The van der Waals surface area contributed by atoms with Gasteiger partial charge in [0.15, 0.2) is 0 Å². The van der Waals surface area contributed by atoms with Crippen LogP contribution in [0.15, 0.2) is 23.1 Å². The van der Waals surface area contributed by atoms with Crippen molar-refractivity contribution in [3.8, 4) is 0 Å². The Hall–Kier alpha value is -0.910. The molecule has 5 heteroatoms. The van der Waals surface area contributed by atoms with Crippen molar-refractivity contribution < 1.29 is 8.42 Å². The standard InChI is InChI=1S/C16H28N2O2S/c1-6-9-17-11-14-10-15(8-7-13(14)2)21(19,20)18-12-16(3,4)5/h7-8,10,17-18H,6,9,11-12H2,1-5H3. The molecular weight excluding hydrogens is 284 g/mol. The first-order chi connectivity index (χ1) is 9.65. The number of aryl methyl sites for hydroxylation is 1. The van der Waals surface area contributed by atoms with Crippen LogP contribution in [-0.4, -0.2) is 21.5 Å². The number of hydrogen-bond acceptors (Lipinski definition) is 3. The Morgan fingerprint density at radius 3 is 2.43 bits per heavy atom. The number of nitrogens with one attached hydrogen (secondary N) is 2. The maximum absolute atomic E-state index is 12.3. The van der Waals surface area contributed by atoms with Gasteiger partial charge in [0.2, 0.25) is 10.0 Å². The lowest BCUT2D eigenvalue weighted by molar-refractivity contribution is 0.407. The number of benzene rings is 1. The van der Waals surface area contributed by atoms with Gasteiger partial charge in [-0.05, 0) is 48.6 Å². The molecule has 2 N–H and O–H groups in total. The second kappa shape index (κ2) is 7.38. The van der Waals surface area contributed by atoms with Crippen LogP contribution in [0, 0.1) is 12.3 Å². The zero-order valence-corrected chi connectivity index (χ0v) is 14.6. The second-order valence-electron chi connectivity index (χ2n) is 6.65. The van der Waals surface area contributed by atoms with Gasteiger partial charge in [0.25, 0.3) is 0 Å². The molecule has 0 saturated carbocycles. The lowest BCUT2D eigenvalue weighted by atomic mass is 9.98. The summed E-state index contributed by atoms with van der Waals surface area (Å²) >= 11 is 0. The van der Waals surface area contributed by atoms with E-state index >= 15 is 0 Å². The lowest BCUT2D eigenvalue weighted by Crippen LogP contribution is -2.32. The van der Waals surface area contributed by atoms with Crippen LogP contribution in [0.3, 0.4) is 0 Å². The average molecular weight is 312 g/mol. The van der Waals surface area contributed by atoms with E-state index in [1.807, 2.05) is 33.8 Å². The van der Waals surface area contributed by atoms with E-state index in [2.05, 4.69) is 17.0 Å². The Morgan fingerprint density at radius 1 is 1.19 bits per heavy atom. The molecule has 0 unspecified atom stereocenters. The molecule has 0 aliphatic rings. The summed E-state index contributed by atoms with van der Waals surface area (Å²) in [6.07, 6.45) is 1.06. The zero-order valence-electron chi connectivity index (χ0n) is 13.8. The monoisotopic (exact) mass is 312 g/mol. The van der Waals surface area contributed by atoms with Crippen LogP contribution >= 0.6 is 0 Å². The van der Waals surface area contributed by atoms with Gasteiger partial charge in [-0.1, -0.05) is 33.8 Å². The van der Waals surface area contributed by atoms with Crippen molar-refractivity contribution in [2.45, 2.75) is 52.5 Å². The molecule has 0 aliphatic carbocycles. The van der Waals surface area contributed by atoms with Crippen LogP contribution in [-0.2, 0) is 16.6 Å². The summed E-state index contributed by atoms with van der Waals surface area (Å²) in [7, 11) is -3.44. The first-order valence-electron chi connectivity index (χ1n) is 7.45. The SMILES string of the molecule is CCCNCc1cc(S(=O)(=O)NCC(C)(C)C)ccc1C. The van der Waals surface area contributed by atoms with Gasteiger partial charge in [-0.3, -0.25) is 0 Å². The van der Waals surface area contributed by atoms with Crippen LogP contribution in [0.1, 0.15) is 45.2 Å². The molecule has 120 valence electrons. The molecule has 1 aromatic rings. The van der Waals surface area contributed by atoms with Crippen LogP contribution in [0.5, 0.6) is 0 Å². The molecule has 0 radical (unpaired) electrons. The first kappa shape index (κ1) is 18.1. The predicted molar refractivity (Wildman–Crippen MR) is 87.8 cm³/mol. The average Bonchev–Trinajstić information content (AvgIpc) is 2.38. The molecule has 0 spiro atoms. The minimum Gasteiger partial charge on any atom is -0.313 e. The molecule has 1 rings (SSSR count). The Morgan fingerprint density at radius 2 is 1.86 bits per heavy atom. The normalized spacial score (nSPS) is 12.6. The third kappa shape index (κ3) is 6.16. The molecule has 1 aromatic carbocycles. The van der Waals surface area contributed by atoms with Gasteiger partial charge in [0, 0.05) is 13.1 Å². The van der Waals surface area contributed by atoms with Crippen molar-refractivity contribution in [1.29, 1.82) is 0 Å². The topological polar surface area (TPSA) is 58.2 Å². The Balaban J connectivity index is 2.89. The summed E-state index contributed by atoms with van der Waals surface area (Å²) in [5, 5.41) is 3.31. The quantitative estimate of drug-likeness (QED) is 0.761. The van der Waals surface area contributed by atoms with E-state index in [-0.39, 0.29) is 5.41 Å². The van der Waals surface area contributed by atoms with Crippen molar-refractivity contribution in [2.24, 2.45) is 5.41 Å². The van der Waals surface area contributed by atoms with E-state index in [0.717, 1.165) is 24.1 Å². The van der Waals surface area contributed by atoms with Crippen LogP contribution < -0.4 is 10.0 Å². The smallest absolute Gasteiger partial charge is 0.240 e. The molecule has 0 bridgehead atoms. The van der Waals surface area contributed by atoms with Gasteiger partial charge >= 0.3 is 0 Å². The second-order valence-corrected chi connectivity index (χ2v) is 8.42. The molecule has 0 atom stereocenters. The van der Waals surface area contributed by atoms with Gasteiger partial charge in [-0.2, -0.15) is 0 Å². The van der Waals surface area contributed by atoms with Crippen molar-refractivity contribution in [2.75, 3.05) is 13.1 Å². The Kier molecular flexibility index (Phi) is 6.38. The van der Waals surface area contributed by atoms with Gasteiger partial charge in [0.1, 0.15) is 0 Å². The largest absolute Gasteiger partial charge is 0.313 e.